The monoisotopic (exact) mass is 599 g/mol. The molecule has 4 aromatic carbocycles. The van der Waals surface area contributed by atoms with Crippen LogP contribution in [0.5, 0.6) is 0 Å². The maximum absolute atomic E-state index is 5.15. The summed E-state index contributed by atoms with van der Waals surface area (Å²) < 4.78 is 4.75. The van der Waals surface area contributed by atoms with Crippen molar-refractivity contribution in [2.45, 2.75) is 70.1 Å². The zero-order valence-electron chi connectivity index (χ0n) is 27.1. The highest BCUT2D eigenvalue weighted by Gasteiger charge is 2.51. The molecule has 3 heterocycles. The van der Waals surface area contributed by atoms with Gasteiger partial charge in [-0.3, -0.25) is 4.57 Å². The van der Waals surface area contributed by atoms with Crippen molar-refractivity contribution in [1.82, 2.24) is 14.1 Å². The van der Waals surface area contributed by atoms with Gasteiger partial charge < -0.3 is 4.57 Å². The molecular weight excluding hydrogens is 558 g/mol. The topological polar surface area (TPSA) is 22.8 Å². The first-order chi connectivity index (χ1) is 22.3. The predicted molar refractivity (Wildman–Crippen MR) is 191 cm³/mol. The summed E-state index contributed by atoms with van der Waals surface area (Å²) in [4.78, 5) is 5.15. The van der Waals surface area contributed by atoms with E-state index in [4.69, 9.17) is 4.98 Å². The number of aromatic nitrogens is 3. The molecule has 3 nitrogen and oxygen atoms in total. The van der Waals surface area contributed by atoms with Crippen LogP contribution in [0.2, 0.25) is 0 Å². The van der Waals surface area contributed by atoms with Crippen LogP contribution < -0.4 is 0 Å². The van der Waals surface area contributed by atoms with Crippen molar-refractivity contribution in [3.05, 3.63) is 114 Å². The molecule has 4 fully saturated rings. The van der Waals surface area contributed by atoms with Crippen molar-refractivity contribution >= 4 is 43.6 Å². The number of para-hydroxylation sites is 2. The third-order valence-corrected chi connectivity index (χ3v) is 12.1. The van der Waals surface area contributed by atoms with E-state index in [1.54, 1.807) is 5.56 Å². The van der Waals surface area contributed by atoms with Crippen LogP contribution in [0.1, 0.15) is 70.4 Å². The fourth-order valence-corrected chi connectivity index (χ4v) is 10.4. The van der Waals surface area contributed by atoms with Gasteiger partial charge in [-0.15, -0.1) is 0 Å². The Balaban J connectivity index is 1.10. The van der Waals surface area contributed by atoms with Gasteiger partial charge in [0.15, 0.2) is 0 Å². The van der Waals surface area contributed by atoms with Gasteiger partial charge in [0.1, 0.15) is 5.82 Å². The predicted octanol–water partition coefficient (Wildman–Crippen LogP) is 11.0. The molecule has 0 aliphatic heterocycles. The van der Waals surface area contributed by atoms with Crippen molar-refractivity contribution in [1.29, 1.82) is 0 Å². The van der Waals surface area contributed by atoms with Gasteiger partial charge in [-0.05, 0) is 127 Å². The molecular formula is C43H41N3. The summed E-state index contributed by atoms with van der Waals surface area (Å²) in [7, 11) is 0. The van der Waals surface area contributed by atoms with E-state index in [2.05, 4.69) is 133 Å². The fraction of sp³-hybridized carbons (Fsp3) is 0.326. The Hall–Kier alpha value is -4.37. The molecule has 0 atom stereocenters. The number of hydrogen-bond donors (Lipinski definition) is 0. The second kappa shape index (κ2) is 9.35. The minimum Gasteiger partial charge on any atom is -0.308 e. The molecule has 3 heteroatoms. The Morgan fingerprint density at radius 1 is 0.587 bits per heavy atom. The van der Waals surface area contributed by atoms with E-state index < -0.39 is 0 Å². The van der Waals surface area contributed by atoms with E-state index >= 15 is 0 Å². The van der Waals surface area contributed by atoms with E-state index in [0.29, 0.717) is 5.41 Å². The quantitative estimate of drug-likeness (QED) is 0.198. The van der Waals surface area contributed by atoms with Gasteiger partial charge in [0, 0.05) is 21.5 Å². The summed E-state index contributed by atoms with van der Waals surface area (Å²) in [6, 6.07) is 36.5. The zero-order chi connectivity index (χ0) is 30.8. The highest BCUT2D eigenvalue weighted by atomic mass is 15.1. The molecule has 0 saturated heterocycles. The molecule has 0 spiro atoms. The first-order valence-corrected chi connectivity index (χ1v) is 17.4. The lowest BCUT2D eigenvalue weighted by molar-refractivity contribution is -0.00512. The first-order valence-electron chi connectivity index (χ1n) is 17.4. The maximum Gasteiger partial charge on any atom is 0.137 e. The largest absolute Gasteiger partial charge is 0.308 e. The molecule has 0 unspecified atom stereocenters. The van der Waals surface area contributed by atoms with E-state index in [1.165, 1.54) is 87.7 Å². The molecule has 3 aromatic heterocycles. The highest BCUT2D eigenvalue weighted by molar-refractivity contribution is 6.10. The van der Waals surface area contributed by atoms with E-state index in [0.717, 1.165) is 29.3 Å². The Morgan fingerprint density at radius 3 is 1.78 bits per heavy atom. The molecule has 0 radical (unpaired) electrons. The standard InChI is InChI=1S/C43H41N3/c1-42(2,3)30-12-15-40-35(21-30)34-9-5-7-11-38(34)46(40)41-17-14-32(26-44-41)45-37-10-6-4-8-33(37)36-22-31(13-16-39(36)45)43-23-27-18-28(24-43)20-29(19-27)25-43/h4-17,21-22,26-29H,18-20,23-25H2,1-3H3. The molecule has 11 rings (SSSR count). The summed E-state index contributed by atoms with van der Waals surface area (Å²) in [6.07, 6.45) is 10.7. The lowest BCUT2D eigenvalue weighted by atomic mass is 9.48. The molecule has 4 aliphatic carbocycles. The van der Waals surface area contributed by atoms with Crippen LogP contribution >= 0.6 is 0 Å². The third kappa shape index (κ3) is 3.81. The van der Waals surface area contributed by atoms with Crippen LogP contribution in [0, 0.1) is 17.8 Å². The SMILES string of the molecule is CC(C)(C)c1ccc2c(c1)c1ccccc1n2-c1ccc(-n2c3ccccc3c3cc(C45CC6CC(CC(C6)C4)C5)ccc32)cn1. The normalized spacial score (nSPS) is 24.2. The molecule has 46 heavy (non-hydrogen) atoms. The number of nitrogens with zero attached hydrogens (tertiary/aromatic N) is 3. The van der Waals surface area contributed by atoms with Gasteiger partial charge in [0.25, 0.3) is 0 Å². The molecule has 4 aliphatic rings. The average molecular weight is 600 g/mol. The molecule has 4 bridgehead atoms. The minimum absolute atomic E-state index is 0.0929. The number of hydrogen-bond acceptors (Lipinski definition) is 1. The van der Waals surface area contributed by atoms with Crippen LogP contribution in [0.4, 0.5) is 0 Å². The second-order valence-corrected chi connectivity index (χ2v) is 16.0. The fourth-order valence-electron chi connectivity index (χ4n) is 10.4. The Bertz CT molecular complexity index is 2290. The van der Waals surface area contributed by atoms with Gasteiger partial charge in [0.05, 0.1) is 34.0 Å². The van der Waals surface area contributed by atoms with E-state index in [-0.39, 0.29) is 5.41 Å². The smallest absolute Gasteiger partial charge is 0.137 e. The van der Waals surface area contributed by atoms with Gasteiger partial charge in [-0.1, -0.05) is 69.3 Å². The van der Waals surface area contributed by atoms with Crippen LogP contribution in [-0.2, 0) is 10.8 Å². The van der Waals surface area contributed by atoms with Crippen molar-refractivity contribution in [2.24, 2.45) is 17.8 Å². The zero-order valence-corrected chi connectivity index (χ0v) is 27.1. The lowest BCUT2D eigenvalue weighted by Crippen LogP contribution is -2.48. The van der Waals surface area contributed by atoms with Gasteiger partial charge in [-0.25, -0.2) is 4.98 Å². The molecule has 228 valence electrons. The van der Waals surface area contributed by atoms with E-state index in [9.17, 15) is 0 Å². The number of fused-ring (bicyclic) bond motifs is 6. The van der Waals surface area contributed by atoms with Crippen LogP contribution in [0.3, 0.4) is 0 Å². The van der Waals surface area contributed by atoms with Crippen LogP contribution in [0.25, 0.3) is 55.1 Å². The Kier molecular flexibility index (Phi) is 5.45. The summed E-state index contributed by atoms with van der Waals surface area (Å²) in [6.45, 7) is 6.85. The Labute approximate surface area is 270 Å². The van der Waals surface area contributed by atoms with Gasteiger partial charge in [-0.2, -0.15) is 0 Å². The summed E-state index contributed by atoms with van der Waals surface area (Å²) in [5, 5.41) is 5.27. The average Bonchev–Trinajstić information content (AvgIpc) is 3.56. The summed E-state index contributed by atoms with van der Waals surface area (Å²) in [5.74, 6) is 3.79. The Morgan fingerprint density at radius 2 is 1.15 bits per heavy atom. The number of pyridine rings is 1. The van der Waals surface area contributed by atoms with Crippen molar-refractivity contribution < 1.29 is 0 Å². The number of benzene rings is 4. The summed E-state index contributed by atoms with van der Waals surface area (Å²) >= 11 is 0. The van der Waals surface area contributed by atoms with Crippen molar-refractivity contribution in [2.75, 3.05) is 0 Å². The molecule has 0 N–H and O–H groups in total. The van der Waals surface area contributed by atoms with E-state index in [1.807, 2.05) is 0 Å². The third-order valence-electron chi connectivity index (χ3n) is 12.1. The highest BCUT2D eigenvalue weighted by Crippen LogP contribution is 2.61. The van der Waals surface area contributed by atoms with Gasteiger partial charge in [0.2, 0.25) is 0 Å². The van der Waals surface area contributed by atoms with Crippen LogP contribution in [0.15, 0.2) is 103 Å². The van der Waals surface area contributed by atoms with Crippen LogP contribution in [-0.4, -0.2) is 14.1 Å². The van der Waals surface area contributed by atoms with Gasteiger partial charge >= 0.3 is 0 Å². The maximum atomic E-state index is 5.15. The molecule has 7 aromatic rings. The molecule has 0 amide bonds. The molecule has 4 saturated carbocycles. The minimum atomic E-state index is 0.0929. The lowest BCUT2D eigenvalue weighted by Gasteiger charge is -2.57. The number of rotatable bonds is 3. The summed E-state index contributed by atoms with van der Waals surface area (Å²) in [5.41, 5.74) is 9.45. The first kappa shape index (κ1) is 26.8. The second-order valence-electron chi connectivity index (χ2n) is 16.0. The van der Waals surface area contributed by atoms with Crippen molar-refractivity contribution in [3.8, 4) is 11.5 Å². The van der Waals surface area contributed by atoms with Crippen molar-refractivity contribution in [3.63, 3.8) is 0 Å².